The van der Waals surface area contributed by atoms with Crippen molar-refractivity contribution in [3.8, 4) is 0 Å². The summed E-state index contributed by atoms with van der Waals surface area (Å²) in [5, 5.41) is 0. The zero-order valence-electron chi connectivity index (χ0n) is 10.9. The maximum absolute atomic E-state index is 12.4. The van der Waals surface area contributed by atoms with Crippen molar-refractivity contribution in [1.29, 1.82) is 0 Å². The zero-order valence-corrected chi connectivity index (χ0v) is 10.9. The van der Waals surface area contributed by atoms with Gasteiger partial charge in [0, 0.05) is 5.92 Å². The third-order valence-electron chi connectivity index (χ3n) is 5.51. The molecule has 0 unspecified atom stereocenters. The van der Waals surface area contributed by atoms with E-state index in [1.165, 1.54) is 7.11 Å². The van der Waals surface area contributed by atoms with Crippen LogP contribution in [0.5, 0.6) is 0 Å². The lowest BCUT2D eigenvalue weighted by molar-refractivity contribution is -0.165. The highest BCUT2D eigenvalue weighted by atomic mass is 16.6. The van der Waals surface area contributed by atoms with Crippen LogP contribution in [0.25, 0.3) is 0 Å². The van der Waals surface area contributed by atoms with Crippen molar-refractivity contribution in [2.75, 3.05) is 7.11 Å². The van der Waals surface area contributed by atoms with E-state index in [9.17, 15) is 14.4 Å². The van der Waals surface area contributed by atoms with E-state index >= 15 is 0 Å². The first-order chi connectivity index (χ1) is 9.61. The Morgan fingerprint density at radius 2 is 2.05 bits per heavy atom. The molecule has 1 aliphatic heterocycles. The molecule has 0 N–H and O–H groups in total. The monoisotopic (exact) mass is 274 g/mol. The maximum atomic E-state index is 12.4. The SMILES string of the molecule is COC(=O)[C@@]12C[C@@H]([C@@H]3C=CC=C[C@@H]31)[C@H]1C(=O)OC(=O)[C@H]12. The number of esters is 3. The summed E-state index contributed by atoms with van der Waals surface area (Å²) in [5.41, 5.74) is -0.931. The number of cyclic esters (lactones) is 2. The van der Waals surface area contributed by atoms with Crippen LogP contribution >= 0.6 is 0 Å². The van der Waals surface area contributed by atoms with Gasteiger partial charge in [0.25, 0.3) is 0 Å². The lowest BCUT2D eigenvalue weighted by Gasteiger charge is -2.39. The molecule has 3 fully saturated rings. The average molecular weight is 274 g/mol. The highest BCUT2D eigenvalue weighted by molar-refractivity contribution is 6.02. The molecule has 0 aromatic rings. The highest BCUT2D eigenvalue weighted by Gasteiger charge is 2.76. The molecule has 0 aromatic heterocycles. The Morgan fingerprint density at radius 3 is 2.80 bits per heavy atom. The Hall–Kier alpha value is -1.91. The molecule has 0 amide bonds. The predicted molar refractivity (Wildman–Crippen MR) is 65.9 cm³/mol. The maximum Gasteiger partial charge on any atom is 0.318 e. The molecular weight excluding hydrogens is 260 g/mol. The van der Waals surface area contributed by atoms with Gasteiger partial charge >= 0.3 is 17.9 Å². The van der Waals surface area contributed by atoms with Crippen LogP contribution in [0, 0.1) is 35.0 Å². The molecule has 2 bridgehead atoms. The van der Waals surface area contributed by atoms with Gasteiger partial charge in [-0.1, -0.05) is 24.3 Å². The minimum Gasteiger partial charge on any atom is -0.469 e. The summed E-state index contributed by atoms with van der Waals surface area (Å²) in [6.07, 6.45) is 8.35. The fourth-order valence-electron chi connectivity index (χ4n) is 4.91. The van der Waals surface area contributed by atoms with Gasteiger partial charge in [0.05, 0.1) is 24.4 Å². The van der Waals surface area contributed by atoms with Crippen LogP contribution in [0.15, 0.2) is 24.3 Å². The van der Waals surface area contributed by atoms with Gasteiger partial charge in [-0.25, -0.2) is 0 Å². The standard InChI is InChI=1S/C15H14O5/c1-19-14(18)15-6-8(7-4-2-3-5-9(7)15)10-11(15)13(17)20-12(10)16/h2-5,7-11H,6H2,1H3/t7-,8-,9-,10+,11-,15-/m0/s1. The fourth-order valence-corrected chi connectivity index (χ4v) is 4.91. The summed E-state index contributed by atoms with van der Waals surface area (Å²) in [4.78, 5) is 36.5. The van der Waals surface area contributed by atoms with Gasteiger partial charge < -0.3 is 9.47 Å². The first-order valence-corrected chi connectivity index (χ1v) is 6.80. The van der Waals surface area contributed by atoms with Crippen molar-refractivity contribution in [2.24, 2.45) is 35.0 Å². The normalized spacial score (nSPS) is 47.1. The number of methoxy groups -OCH3 is 1. The average Bonchev–Trinajstić information content (AvgIpc) is 3.07. The van der Waals surface area contributed by atoms with Crippen molar-refractivity contribution in [1.82, 2.24) is 0 Å². The van der Waals surface area contributed by atoms with Gasteiger partial charge in [0.1, 0.15) is 0 Å². The van der Waals surface area contributed by atoms with E-state index in [2.05, 4.69) is 0 Å². The third kappa shape index (κ3) is 1.09. The van der Waals surface area contributed by atoms with Gasteiger partial charge in [-0.2, -0.15) is 0 Å². The molecule has 2 saturated carbocycles. The Labute approximate surface area is 115 Å². The second-order valence-corrected chi connectivity index (χ2v) is 6.02. The Balaban J connectivity index is 1.90. The van der Waals surface area contributed by atoms with Crippen molar-refractivity contribution in [3.63, 3.8) is 0 Å². The Kier molecular flexibility index (Phi) is 2.13. The van der Waals surface area contributed by atoms with Crippen LogP contribution in [-0.4, -0.2) is 25.0 Å². The molecule has 0 spiro atoms. The minimum atomic E-state index is -0.931. The number of fused-ring (bicyclic) bond motifs is 8. The number of hydrogen-bond acceptors (Lipinski definition) is 5. The summed E-state index contributed by atoms with van der Waals surface area (Å²) in [6, 6.07) is 0. The fraction of sp³-hybridized carbons (Fsp3) is 0.533. The lowest BCUT2D eigenvalue weighted by Crippen LogP contribution is -2.48. The quantitative estimate of drug-likeness (QED) is 0.524. The number of carbonyl (C=O) groups excluding carboxylic acids is 3. The second-order valence-electron chi connectivity index (χ2n) is 6.02. The molecule has 5 heteroatoms. The van der Waals surface area contributed by atoms with E-state index in [0.717, 1.165) is 0 Å². The number of carbonyl (C=O) groups is 3. The number of ether oxygens (including phenoxy) is 2. The number of rotatable bonds is 1. The summed E-state index contributed by atoms with van der Waals surface area (Å²) in [6.45, 7) is 0. The van der Waals surface area contributed by atoms with Crippen LogP contribution in [0.1, 0.15) is 6.42 Å². The molecular formula is C15H14O5. The van der Waals surface area contributed by atoms with Crippen molar-refractivity contribution in [2.45, 2.75) is 6.42 Å². The van der Waals surface area contributed by atoms with Crippen LogP contribution in [0.3, 0.4) is 0 Å². The molecule has 5 nitrogen and oxygen atoms in total. The molecule has 0 aromatic carbocycles. The molecule has 3 aliphatic carbocycles. The van der Waals surface area contributed by atoms with Gasteiger partial charge in [0.2, 0.25) is 0 Å². The van der Waals surface area contributed by atoms with Gasteiger partial charge in [-0.15, -0.1) is 0 Å². The van der Waals surface area contributed by atoms with Crippen LogP contribution in [-0.2, 0) is 23.9 Å². The minimum absolute atomic E-state index is 0.00995. The van der Waals surface area contributed by atoms with Crippen LogP contribution in [0.2, 0.25) is 0 Å². The number of hydrogen-bond donors (Lipinski definition) is 0. The highest BCUT2D eigenvalue weighted by Crippen LogP contribution is 2.69. The van der Waals surface area contributed by atoms with Crippen LogP contribution < -0.4 is 0 Å². The summed E-state index contributed by atoms with van der Waals surface area (Å²) in [7, 11) is 1.33. The Morgan fingerprint density at radius 1 is 1.30 bits per heavy atom. The molecule has 20 heavy (non-hydrogen) atoms. The molecule has 1 saturated heterocycles. The molecule has 104 valence electrons. The van der Waals surface area contributed by atoms with Crippen molar-refractivity contribution in [3.05, 3.63) is 24.3 Å². The summed E-state index contributed by atoms with van der Waals surface area (Å²) < 4.78 is 9.78. The molecule has 0 radical (unpaired) electrons. The molecule has 4 rings (SSSR count). The summed E-state index contributed by atoms with van der Waals surface area (Å²) >= 11 is 0. The van der Waals surface area contributed by atoms with E-state index < -0.39 is 35.2 Å². The first kappa shape index (κ1) is 11.9. The lowest BCUT2D eigenvalue weighted by atomic mass is 9.60. The largest absolute Gasteiger partial charge is 0.469 e. The predicted octanol–water partition coefficient (Wildman–Crippen LogP) is 0.853. The Bertz CT molecular complexity index is 589. The molecule has 6 atom stereocenters. The van der Waals surface area contributed by atoms with E-state index in [4.69, 9.17) is 9.47 Å². The van der Waals surface area contributed by atoms with E-state index in [0.29, 0.717) is 6.42 Å². The zero-order chi connectivity index (χ0) is 14.1. The topological polar surface area (TPSA) is 69.7 Å². The van der Waals surface area contributed by atoms with Gasteiger partial charge in [-0.3, -0.25) is 14.4 Å². The molecule has 1 heterocycles. The summed E-state index contributed by atoms with van der Waals surface area (Å²) in [5.74, 6) is -2.57. The van der Waals surface area contributed by atoms with E-state index in [1.54, 1.807) is 0 Å². The first-order valence-electron chi connectivity index (χ1n) is 6.80. The smallest absolute Gasteiger partial charge is 0.318 e. The number of allylic oxidation sites excluding steroid dienone is 4. The molecule has 4 aliphatic rings. The van der Waals surface area contributed by atoms with E-state index in [1.807, 2.05) is 24.3 Å². The van der Waals surface area contributed by atoms with Crippen LogP contribution in [0.4, 0.5) is 0 Å². The van der Waals surface area contributed by atoms with E-state index in [-0.39, 0.29) is 17.8 Å². The van der Waals surface area contributed by atoms with Gasteiger partial charge in [-0.05, 0) is 18.3 Å². The van der Waals surface area contributed by atoms with Crippen molar-refractivity contribution >= 4 is 17.9 Å². The van der Waals surface area contributed by atoms with Gasteiger partial charge in [0.15, 0.2) is 0 Å². The second kappa shape index (κ2) is 3.59. The third-order valence-corrected chi connectivity index (χ3v) is 5.51. The van der Waals surface area contributed by atoms with Crippen molar-refractivity contribution < 1.29 is 23.9 Å².